The van der Waals surface area contributed by atoms with E-state index in [2.05, 4.69) is 0 Å². The second kappa shape index (κ2) is 4.23. The van der Waals surface area contributed by atoms with Gasteiger partial charge in [-0.2, -0.15) is 0 Å². The van der Waals surface area contributed by atoms with E-state index in [0.717, 1.165) is 5.56 Å². The molecule has 0 fully saturated rings. The van der Waals surface area contributed by atoms with Crippen molar-refractivity contribution in [2.45, 2.75) is 0 Å². The predicted molar refractivity (Wildman–Crippen MR) is 60.1 cm³/mol. The molecule has 16 heavy (non-hydrogen) atoms. The van der Waals surface area contributed by atoms with Crippen LogP contribution in [-0.2, 0) is 0 Å². The summed E-state index contributed by atoms with van der Waals surface area (Å²) in [7, 11) is 1.53. The van der Waals surface area contributed by atoms with Gasteiger partial charge in [0.25, 0.3) is 0 Å². The Hall–Kier alpha value is -2.03. The van der Waals surface area contributed by atoms with E-state index in [0.29, 0.717) is 11.3 Å². The quantitative estimate of drug-likeness (QED) is 0.838. The molecule has 0 bridgehead atoms. The van der Waals surface area contributed by atoms with E-state index < -0.39 is 0 Å². The molecule has 0 atom stereocenters. The zero-order chi connectivity index (χ0) is 11.5. The number of phenolic OH excluding ortho intramolecular Hbond substituents is 1. The van der Waals surface area contributed by atoms with Crippen molar-refractivity contribution >= 4 is 0 Å². The second-order valence-electron chi connectivity index (χ2n) is 3.39. The van der Waals surface area contributed by atoms with Gasteiger partial charge in [0.2, 0.25) is 0 Å². The Labute approximate surface area is 92.9 Å². The number of methoxy groups -OCH3 is 1. The minimum Gasteiger partial charge on any atom is -0.507 e. The van der Waals surface area contributed by atoms with Crippen molar-refractivity contribution in [3.63, 3.8) is 0 Å². The molecule has 2 nitrogen and oxygen atoms in total. The largest absolute Gasteiger partial charge is 0.507 e. The fourth-order valence-electron chi connectivity index (χ4n) is 1.51. The highest BCUT2D eigenvalue weighted by Gasteiger charge is 2.05. The molecule has 0 radical (unpaired) electrons. The molecule has 1 N–H and O–H groups in total. The number of rotatable bonds is 2. The fourth-order valence-corrected chi connectivity index (χ4v) is 1.51. The molecule has 2 aromatic rings. The molecular formula is C13H11FO2. The van der Waals surface area contributed by atoms with E-state index in [1.54, 1.807) is 24.3 Å². The minimum absolute atomic E-state index is 0.117. The van der Waals surface area contributed by atoms with Crippen LogP contribution in [-0.4, -0.2) is 12.2 Å². The first-order chi connectivity index (χ1) is 7.70. The maximum absolute atomic E-state index is 12.7. The first-order valence-corrected chi connectivity index (χ1v) is 4.83. The van der Waals surface area contributed by atoms with E-state index in [1.165, 1.54) is 25.3 Å². The summed E-state index contributed by atoms with van der Waals surface area (Å²) in [6.45, 7) is 0. The Morgan fingerprint density at radius 3 is 2.31 bits per heavy atom. The average molecular weight is 218 g/mol. The Morgan fingerprint density at radius 1 is 1.06 bits per heavy atom. The van der Waals surface area contributed by atoms with Crippen molar-refractivity contribution in [3.05, 3.63) is 48.3 Å². The van der Waals surface area contributed by atoms with Gasteiger partial charge >= 0.3 is 0 Å². The molecule has 0 unspecified atom stereocenters. The third-order valence-electron chi connectivity index (χ3n) is 2.36. The van der Waals surface area contributed by atoms with Crippen LogP contribution < -0.4 is 4.74 Å². The van der Waals surface area contributed by atoms with Crippen LogP contribution in [0.5, 0.6) is 11.5 Å². The van der Waals surface area contributed by atoms with Gasteiger partial charge in [-0.3, -0.25) is 0 Å². The molecule has 3 heteroatoms. The van der Waals surface area contributed by atoms with Crippen molar-refractivity contribution in [1.29, 1.82) is 0 Å². The summed E-state index contributed by atoms with van der Waals surface area (Å²) in [6, 6.07) is 11.0. The lowest BCUT2D eigenvalue weighted by molar-refractivity contribution is 0.408. The standard InChI is InChI=1S/C13H11FO2/c1-16-11-6-7-12(13(15)8-11)9-2-4-10(14)5-3-9/h2-8,15H,1H3. The number of aromatic hydroxyl groups is 1. The summed E-state index contributed by atoms with van der Waals surface area (Å²) in [4.78, 5) is 0. The van der Waals surface area contributed by atoms with Crippen LogP contribution >= 0.6 is 0 Å². The van der Waals surface area contributed by atoms with E-state index in [-0.39, 0.29) is 11.6 Å². The number of halogens is 1. The smallest absolute Gasteiger partial charge is 0.127 e. The maximum Gasteiger partial charge on any atom is 0.127 e. The lowest BCUT2D eigenvalue weighted by Gasteiger charge is -2.06. The Bertz CT molecular complexity index is 492. The van der Waals surface area contributed by atoms with Crippen LogP contribution in [0.2, 0.25) is 0 Å². The van der Waals surface area contributed by atoms with Crippen LogP contribution in [0.25, 0.3) is 11.1 Å². The second-order valence-corrected chi connectivity index (χ2v) is 3.39. The van der Waals surface area contributed by atoms with Gasteiger partial charge in [0.1, 0.15) is 17.3 Å². The molecule has 0 aromatic heterocycles. The molecular weight excluding hydrogens is 207 g/mol. The van der Waals surface area contributed by atoms with E-state index in [1.807, 2.05) is 0 Å². The lowest BCUT2D eigenvalue weighted by atomic mass is 10.0. The third-order valence-corrected chi connectivity index (χ3v) is 2.36. The molecule has 2 aromatic carbocycles. The molecule has 0 aliphatic rings. The SMILES string of the molecule is COc1ccc(-c2ccc(F)cc2)c(O)c1. The van der Waals surface area contributed by atoms with Gasteiger partial charge in [-0.05, 0) is 29.8 Å². The highest BCUT2D eigenvalue weighted by Crippen LogP contribution is 2.32. The summed E-state index contributed by atoms with van der Waals surface area (Å²) >= 11 is 0. The molecule has 2 rings (SSSR count). The van der Waals surface area contributed by atoms with Crippen LogP contribution in [0.3, 0.4) is 0 Å². The van der Waals surface area contributed by atoms with Crippen molar-refractivity contribution in [3.8, 4) is 22.6 Å². The zero-order valence-corrected chi connectivity index (χ0v) is 8.77. The lowest BCUT2D eigenvalue weighted by Crippen LogP contribution is -1.84. The normalized spacial score (nSPS) is 10.1. The topological polar surface area (TPSA) is 29.5 Å². The molecule has 0 saturated heterocycles. The van der Waals surface area contributed by atoms with E-state index in [4.69, 9.17) is 4.74 Å². The van der Waals surface area contributed by atoms with Gasteiger partial charge in [-0.15, -0.1) is 0 Å². The van der Waals surface area contributed by atoms with Gasteiger partial charge < -0.3 is 9.84 Å². The number of ether oxygens (including phenoxy) is 1. The van der Waals surface area contributed by atoms with Crippen molar-refractivity contribution < 1.29 is 14.2 Å². The average Bonchev–Trinajstić information content (AvgIpc) is 2.30. The number of hydrogen-bond donors (Lipinski definition) is 1. The van der Waals surface area contributed by atoms with Gasteiger partial charge in [-0.25, -0.2) is 4.39 Å². The van der Waals surface area contributed by atoms with Crippen LogP contribution in [0, 0.1) is 5.82 Å². The fraction of sp³-hybridized carbons (Fsp3) is 0.0769. The van der Waals surface area contributed by atoms with Gasteiger partial charge in [0.15, 0.2) is 0 Å². The maximum atomic E-state index is 12.7. The number of hydrogen-bond acceptors (Lipinski definition) is 2. The van der Waals surface area contributed by atoms with Gasteiger partial charge in [-0.1, -0.05) is 12.1 Å². The Morgan fingerprint density at radius 2 is 1.75 bits per heavy atom. The number of phenols is 1. The van der Waals surface area contributed by atoms with Gasteiger partial charge in [0, 0.05) is 11.6 Å². The highest BCUT2D eigenvalue weighted by molar-refractivity contribution is 5.70. The third kappa shape index (κ3) is 1.98. The van der Waals surface area contributed by atoms with Gasteiger partial charge in [0.05, 0.1) is 7.11 Å². The molecule has 0 saturated carbocycles. The van der Waals surface area contributed by atoms with Crippen LogP contribution in [0.15, 0.2) is 42.5 Å². The van der Waals surface area contributed by atoms with Crippen LogP contribution in [0.1, 0.15) is 0 Å². The molecule has 0 aliphatic heterocycles. The number of benzene rings is 2. The summed E-state index contributed by atoms with van der Waals surface area (Å²) in [6.07, 6.45) is 0. The van der Waals surface area contributed by atoms with E-state index >= 15 is 0 Å². The molecule has 0 amide bonds. The van der Waals surface area contributed by atoms with Crippen molar-refractivity contribution in [2.75, 3.05) is 7.11 Å². The first-order valence-electron chi connectivity index (χ1n) is 4.83. The first kappa shape index (κ1) is 10.5. The molecule has 0 heterocycles. The minimum atomic E-state index is -0.295. The van der Waals surface area contributed by atoms with E-state index in [9.17, 15) is 9.50 Å². The molecule has 0 aliphatic carbocycles. The summed E-state index contributed by atoms with van der Waals surface area (Å²) in [5.41, 5.74) is 1.42. The Kier molecular flexibility index (Phi) is 2.77. The Balaban J connectivity index is 2.44. The monoisotopic (exact) mass is 218 g/mol. The van der Waals surface area contributed by atoms with Crippen LogP contribution in [0.4, 0.5) is 4.39 Å². The van der Waals surface area contributed by atoms with Crippen molar-refractivity contribution in [2.24, 2.45) is 0 Å². The summed E-state index contributed by atoms with van der Waals surface area (Å²) < 4.78 is 17.7. The zero-order valence-electron chi connectivity index (χ0n) is 8.77. The summed E-state index contributed by atoms with van der Waals surface area (Å²) in [5.74, 6) is 0.408. The predicted octanol–water partition coefficient (Wildman–Crippen LogP) is 3.21. The highest BCUT2D eigenvalue weighted by atomic mass is 19.1. The summed E-state index contributed by atoms with van der Waals surface area (Å²) in [5, 5.41) is 9.77. The molecule has 82 valence electrons. The molecule has 0 spiro atoms. The van der Waals surface area contributed by atoms with Crippen molar-refractivity contribution in [1.82, 2.24) is 0 Å².